The number of rotatable bonds is 5. The van der Waals surface area contributed by atoms with E-state index in [1.54, 1.807) is 6.92 Å². The van der Waals surface area contributed by atoms with Crippen LogP contribution in [0.5, 0.6) is 11.5 Å². The number of esters is 1. The van der Waals surface area contributed by atoms with Crippen LogP contribution in [0.1, 0.15) is 22.8 Å². The van der Waals surface area contributed by atoms with E-state index in [4.69, 9.17) is 26.3 Å². The zero-order valence-corrected chi connectivity index (χ0v) is 16.9. The molecule has 0 spiro atoms. The number of benzene rings is 2. The van der Waals surface area contributed by atoms with Crippen LogP contribution in [0.4, 0.5) is 0 Å². The van der Waals surface area contributed by atoms with Gasteiger partial charge >= 0.3 is 5.97 Å². The average molecular weight is 459 g/mol. The highest BCUT2D eigenvalue weighted by Gasteiger charge is 2.20. The zero-order chi connectivity index (χ0) is 19.5. The molecule has 0 aliphatic rings. The van der Waals surface area contributed by atoms with E-state index in [0.29, 0.717) is 16.6 Å². The molecule has 0 heterocycles. The topological polar surface area (TPSA) is 93.5 Å². The summed E-state index contributed by atoms with van der Waals surface area (Å²) in [5.74, 6) is -0.492. The SMILES string of the molecule is CCOc1cc(C#N)cc(Br)c1OC(=O)c1ccc(Cl)c(S(C)(=O)=O)c1. The quantitative estimate of drug-likeness (QED) is 0.497. The summed E-state index contributed by atoms with van der Waals surface area (Å²) in [5.41, 5.74) is 0.333. The maximum atomic E-state index is 12.5. The molecule has 0 atom stereocenters. The Balaban J connectivity index is 2.44. The van der Waals surface area contributed by atoms with Crippen molar-refractivity contribution < 1.29 is 22.7 Å². The Hall–Kier alpha value is -2.08. The fourth-order valence-electron chi connectivity index (χ4n) is 2.06. The van der Waals surface area contributed by atoms with E-state index < -0.39 is 15.8 Å². The van der Waals surface area contributed by atoms with E-state index in [0.717, 1.165) is 12.3 Å². The molecule has 0 radical (unpaired) electrons. The molecule has 0 saturated carbocycles. The Morgan fingerprint density at radius 1 is 1.31 bits per heavy atom. The van der Waals surface area contributed by atoms with Crippen molar-refractivity contribution in [2.24, 2.45) is 0 Å². The van der Waals surface area contributed by atoms with Crippen LogP contribution in [-0.2, 0) is 9.84 Å². The Kier molecular flexibility index (Phi) is 6.29. The molecule has 0 saturated heterocycles. The first-order valence-corrected chi connectivity index (χ1v) is 10.3. The van der Waals surface area contributed by atoms with Crippen molar-refractivity contribution in [3.8, 4) is 17.6 Å². The molecule has 136 valence electrons. The highest BCUT2D eigenvalue weighted by molar-refractivity contribution is 9.10. The molecule has 0 aliphatic heterocycles. The molecule has 0 N–H and O–H groups in total. The van der Waals surface area contributed by atoms with Gasteiger partial charge in [0, 0.05) is 12.3 Å². The third kappa shape index (κ3) is 4.55. The third-order valence-corrected chi connectivity index (χ3v) is 5.37. The van der Waals surface area contributed by atoms with E-state index in [-0.39, 0.29) is 27.0 Å². The lowest BCUT2D eigenvalue weighted by Gasteiger charge is -2.13. The van der Waals surface area contributed by atoms with Gasteiger partial charge in [-0.15, -0.1) is 0 Å². The number of nitrogens with zero attached hydrogens (tertiary/aromatic N) is 1. The van der Waals surface area contributed by atoms with Gasteiger partial charge in [0.1, 0.15) is 0 Å². The van der Waals surface area contributed by atoms with Crippen molar-refractivity contribution in [3.63, 3.8) is 0 Å². The molecule has 2 rings (SSSR count). The van der Waals surface area contributed by atoms with Crippen molar-refractivity contribution in [3.05, 3.63) is 51.0 Å². The Bertz CT molecular complexity index is 1010. The van der Waals surface area contributed by atoms with Gasteiger partial charge in [-0.25, -0.2) is 13.2 Å². The standard InChI is InChI=1S/C17H13BrClNO5S/c1-3-24-14-7-10(9-20)6-12(18)16(14)25-17(21)11-4-5-13(19)15(8-11)26(2,22)23/h4-8H,3H2,1-2H3. The lowest BCUT2D eigenvalue weighted by Crippen LogP contribution is -2.11. The fraction of sp³-hybridized carbons (Fsp3) is 0.176. The minimum absolute atomic E-state index is 0.00790. The second-order valence-electron chi connectivity index (χ2n) is 5.14. The molecule has 0 fully saturated rings. The summed E-state index contributed by atoms with van der Waals surface area (Å²) >= 11 is 9.12. The molecule has 0 aromatic heterocycles. The number of carbonyl (C=O) groups is 1. The molecule has 0 amide bonds. The van der Waals surface area contributed by atoms with Gasteiger partial charge in [-0.2, -0.15) is 5.26 Å². The van der Waals surface area contributed by atoms with E-state index in [9.17, 15) is 13.2 Å². The molecule has 0 bridgehead atoms. The summed E-state index contributed by atoms with van der Waals surface area (Å²) in [6.45, 7) is 2.04. The molecule has 2 aromatic carbocycles. The van der Waals surface area contributed by atoms with Crippen molar-refractivity contribution in [1.29, 1.82) is 5.26 Å². The van der Waals surface area contributed by atoms with Crippen LogP contribution < -0.4 is 9.47 Å². The van der Waals surface area contributed by atoms with Crippen LogP contribution in [0.25, 0.3) is 0 Å². The minimum Gasteiger partial charge on any atom is -0.490 e. The summed E-state index contributed by atoms with van der Waals surface area (Å²) in [7, 11) is -3.61. The summed E-state index contributed by atoms with van der Waals surface area (Å²) in [6.07, 6.45) is 0.994. The molecule has 6 nitrogen and oxygen atoms in total. The van der Waals surface area contributed by atoms with E-state index in [1.807, 2.05) is 6.07 Å². The van der Waals surface area contributed by atoms with Crippen molar-refractivity contribution in [2.75, 3.05) is 12.9 Å². The Labute approximate surface area is 164 Å². The lowest BCUT2D eigenvalue weighted by molar-refractivity contribution is 0.0727. The number of carbonyl (C=O) groups excluding carboxylic acids is 1. The predicted molar refractivity (Wildman–Crippen MR) is 99.5 cm³/mol. The Morgan fingerprint density at radius 3 is 2.58 bits per heavy atom. The first-order chi connectivity index (χ1) is 12.2. The summed E-state index contributed by atoms with van der Waals surface area (Å²) < 4.78 is 34.6. The highest BCUT2D eigenvalue weighted by atomic mass is 79.9. The smallest absolute Gasteiger partial charge is 0.343 e. The molecular weight excluding hydrogens is 446 g/mol. The van der Waals surface area contributed by atoms with Gasteiger partial charge < -0.3 is 9.47 Å². The molecule has 26 heavy (non-hydrogen) atoms. The minimum atomic E-state index is -3.61. The maximum Gasteiger partial charge on any atom is 0.343 e. The summed E-state index contributed by atoms with van der Waals surface area (Å²) in [6, 6.07) is 8.72. The van der Waals surface area contributed by atoms with E-state index >= 15 is 0 Å². The van der Waals surface area contributed by atoms with Gasteiger partial charge in [0.25, 0.3) is 0 Å². The van der Waals surface area contributed by atoms with Crippen LogP contribution in [0.2, 0.25) is 5.02 Å². The number of ether oxygens (including phenoxy) is 2. The summed E-state index contributed by atoms with van der Waals surface area (Å²) in [4.78, 5) is 12.3. The van der Waals surface area contributed by atoms with Gasteiger partial charge in [0.05, 0.1) is 38.2 Å². The number of nitriles is 1. The van der Waals surface area contributed by atoms with Crippen LogP contribution in [0.3, 0.4) is 0 Å². The number of hydrogen-bond acceptors (Lipinski definition) is 6. The molecule has 9 heteroatoms. The van der Waals surface area contributed by atoms with E-state index in [2.05, 4.69) is 15.9 Å². The van der Waals surface area contributed by atoms with E-state index in [1.165, 1.54) is 24.3 Å². The van der Waals surface area contributed by atoms with Gasteiger partial charge in [-0.05, 0) is 47.1 Å². The fourth-order valence-corrected chi connectivity index (χ4v) is 3.88. The van der Waals surface area contributed by atoms with Crippen LogP contribution in [0, 0.1) is 11.3 Å². The number of halogens is 2. The zero-order valence-electron chi connectivity index (χ0n) is 13.7. The number of hydrogen-bond donors (Lipinski definition) is 0. The third-order valence-electron chi connectivity index (χ3n) is 3.20. The molecule has 0 unspecified atom stereocenters. The van der Waals surface area contributed by atoms with Crippen LogP contribution in [0.15, 0.2) is 39.7 Å². The molecule has 2 aromatic rings. The number of sulfone groups is 1. The average Bonchev–Trinajstić information content (AvgIpc) is 2.57. The second kappa shape index (κ2) is 8.08. The molecule has 0 aliphatic carbocycles. The van der Waals surface area contributed by atoms with Crippen molar-refractivity contribution >= 4 is 43.3 Å². The highest BCUT2D eigenvalue weighted by Crippen LogP contribution is 2.37. The predicted octanol–water partition coefficient (Wildman–Crippen LogP) is 4.00. The largest absolute Gasteiger partial charge is 0.490 e. The van der Waals surface area contributed by atoms with Gasteiger partial charge in [-0.3, -0.25) is 0 Å². The Morgan fingerprint density at radius 2 is 2.00 bits per heavy atom. The van der Waals surface area contributed by atoms with Crippen molar-refractivity contribution in [2.45, 2.75) is 11.8 Å². The first-order valence-electron chi connectivity index (χ1n) is 7.25. The van der Waals surface area contributed by atoms with Gasteiger partial charge in [-0.1, -0.05) is 11.6 Å². The maximum absolute atomic E-state index is 12.5. The van der Waals surface area contributed by atoms with Crippen molar-refractivity contribution in [1.82, 2.24) is 0 Å². The first kappa shape index (κ1) is 20.2. The second-order valence-corrected chi connectivity index (χ2v) is 8.38. The van der Waals surface area contributed by atoms with Gasteiger partial charge in [0.2, 0.25) is 0 Å². The van der Waals surface area contributed by atoms with Gasteiger partial charge in [0.15, 0.2) is 21.3 Å². The van der Waals surface area contributed by atoms with Crippen LogP contribution >= 0.6 is 27.5 Å². The summed E-state index contributed by atoms with van der Waals surface area (Å²) in [5, 5.41) is 9.05. The molecular formula is C17H13BrClNO5S. The van der Waals surface area contributed by atoms with Crippen LogP contribution in [-0.4, -0.2) is 27.2 Å². The normalized spacial score (nSPS) is 10.9. The monoisotopic (exact) mass is 457 g/mol. The lowest BCUT2D eigenvalue weighted by atomic mass is 10.2.